The number of ether oxygens (including phenoxy) is 2. The molecule has 0 atom stereocenters. The van der Waals surface area contributed by atoms with Crippen LogP contribution < -0.4 is 9.47 Å². The highest BCUT2D eigenvalue weighted by Crippen LogP contribution is 2.28. The van der Waals surface area contributed by atoms with Gasteiger partial charge in [-0.25, -0.2) is 0 Å². The molecule has 0 aromatic heterocycles. The Hall–Kier alpha value is -1.93. The van der Waals surface area contributed by atoms with E-state index in [1.807, 2.05) is 43.3 Å². The maximum absolute atomic E-state index is 6.06. The van der Waals surface area contributed by atoms with Crippen LogP contribution in [-0.2, 0) is 6.61 Å². The standard InChI is InChI=1S/C17H17ClO2.C7H16/c1-12(2)13-8-9-14(17(10-13)19-3)11-20-16-7-5-4-6-15(16)18;1-3-5-7-6-4-2/h4-10H,1,11H2,2-3H3;3-7H2,1-2H3. The minimum absolute atomic E-state index is 0.406. The van der Waals surface area contributed by atoms with Gasteiger partial charge in [0.1, 0.15) is 18.1 Å². The third-order valence-corrected chi connectivity index (χ3v) is 4.52. The first-order valence-corrected chi connectivity index (χ1v) is 10.1. The molecule has 0 N–H and O–H groups in total. The number of hydrogen-bond donors (Lipinski definition) is 0. The van der Waals surface area contributed by atoms with Gasteiger partial charge in [0.2, 0.25) is 0 Å². The van der Waals surface area contributed by atoms with Gasteiger partial charge in [-0.15, -0.1) is 0 Å². The number of rotatable bonds is 9. The van der Waals surface area contributed by atoms with E-state index in [4.69, 9.17) is 21.1 Å². The first kappa shape index (κ1) is 23.1. The Labute approximate surface area is 170 Å². The molecule has 0 saturated carbocycles. The van der Waals surface area contributed by atoms with Crippen LogP contribution in [0.2, 0.25) is 5.02 Å². The number of allylic oxidation sites excluding steroid dienone is 1. The van der Waals surface area contributed by atoms with Crippen molar-refractivity contribution < 1.29 is 9.47 Å². The minimum Gasteiger partial charge on any atom is -0.496 e. The Morgan fingerprint density at radius 1 is 0.963 bits per heavy atom. The minimum atomic E-state index is 0.406. The molecule has 2 nitrogen and oxygen atoms in total. The van der Waals surface area contributed by atoms with Gasteiger partial charge in [-0.05, 0) is 30.7 Å². The molecule has 0 aliphatic heterocycles. The fourth-order valence-corrected chi connectivity index (χ4v) is 2.71. The van der Waals surface area contributed by atoms with Gasteiger partial charge in [0, 0.05) is 5.56 Å². The van der Waals surface area contributed by atoms with Crippen molar-refractivity contribution in [3.8, 4) is 11.5 Å². The highest BCUT2D eigenvalue weighted by atomic mass is 35.5. The van der Waals surface area contributed by atoms with Crippen molar-refractivity contribution in [2.45, 2.75) is 59.5 Å². The van der Waals surface area contributed by atoms with E-state index in [9.17, 15) is 0 Å². The Kier molecular flexibility index (Phi) is 11.4. The maximum Gasteiger partial charge on any atom is 0.138 e. The van der Waals surface area contributed by atoms with E-state index in [0.29, 0.717) is 17.4 Å². The number of methoxy groups -OCH3 is 1. The molecular formula is C24H33ClO2. The summed E-state index contributed by atoms with van der Waals surface area (Å²) in [6.45, 7) is 10.8. The van der Waals surface area contributed by atoms with Crippen molar-refractivity contribution in [3.63, 3.8) is 0 Å². The lowest BCUT2D eigenvalue weighted by Gasteiger charge is -2.12. The molecule has 0 aliphatic rings. The fourth-order valence-electron chi connectivity index (χ4n) is 2.52. The molecule has 0 fully saturated rings. The van der Waals surface area contributed by atoms with Gasteiger partial charge in [-0.1, -0.05) is 94.0 Å². The van der Waals surface area contributed by atoms with Gasteiger partial charge < -0.3 is 9.47 Å². The SMILES string of the molecule is C=C(C)c1ccc(COc2ccccc2Cl)c(OC)c1.CCCCCCC. The van der Waals surface area contributed by atoms with Crippen LogP contribution in [0, 0.1) is 0 Å². The summed E-state index contributed by atoms with van der Waals surface area (Å²) < 4.78 is 11.1. The average Bonchev–Trinajstić information content (AvgIpc) is 2.68. The molecule has 0 bridgehead atoms. The molecule has 0 aliphatic carbocycles. The van der Waals surface area contributed by atoms with Gasteiger partial charge >= 0.3 is 0 Å². The van der Waals surface area contributed by atoms with Crippen molar-refractivity contribution in [2.24, 2.45) is 0 Å². The quantitative estimate of drug-likeness (QED) is 0.406. The predicted octanol–water partition coefficient (Wildman–Crippen LogP) is 7.94. The number of hydrogen-bond acceptors (Lipinski definition) is 2. The van der Waals surface area contributed by atoms with Crippen LogP contribution in [0.5, 0.6) is 11.5 Å². The van der Waals surface area contributed by atoms with E-state index in [1.165, 1.54) is 32.1 Å². The molecule has 0 heterocycles. The Morgan fingerprint density at radius 3 is 2.19 bits per heavy atom. The second kappa shape index (κ2) is 13.3. The molecule has 148 valence electrons. The van der Waals surface area contributed by atoms with Crippen molar-refractivity contribution in [3.05, 3.63) is 65.2 Å². The third-order valence-electron chi connectivity index (χ3n) is 4.21. The van der Waals surface area contributed by atoms with Crippen LogP contribution in [0.1, 0.15) is 64.0 Å². The van der Waals surface area contributed by atoms with Crippen molar-refractivity contribution in [2.75, 3.05) is 7.11 Å². The van der Waals surface area contributed by atoms with Gasteiger partial charge in [-0.3, -0.25) is 0 Å². The molecule has 2 aromatic carbocycles. The smallest absolute Gasteiger partial charge is 0.138 e. The summed E-state index contributed by atoms with van der Waals surface area (Å²) in [6.07, 6.45) is 7.01. The summed E-state index contributed by atoms with van der Waals surface area (Å²) in [5.74, 6) is 1.46. The van der Waals surface area contributed by atoms with Gasteiger partial charge in [0.25, 0.3) is 0 Å². The number of para-hydroxylation sites is 1. The molecular weight excluding hydrogens is 356 g/mol. The summed E-state index contributed by atoms with van der Waals surface area (Å²) in [7, 11) is 1.65. The zero-order valence-electron chi connectivity index (χ0n) is 17.2. The van der Waals surface area contributed by atoms with Gasteiger partial charge in [-0.2, -0.15) is 0 Å². The van der Waals surface area contributed by atoms with E-state index in [-0.39, 0.29) is 0 Å². The molecule has 0 amide bonds. The molecule has 2 rings (SSSR count). The number of unbranched alkanes of at least 4 members (excludes halogenated alkanes) is 4. The number of halogens is 1. The van der Waals surface area contributed by atoms with E-state index in [2.05, 4.69) is 20.4 Å². The second-order valence-electron chi connectivity index (χ2n) is 6.59. The van der Waals surface area contributed by atoms with Crippen LogP contribution in [0.4, 0.5) is 0 Å². The first-order chi connectivity index (χ1) is 13.0. The van der Waals surface area contributed by atoms with Crippen molar-refractivity contribution >= 4 is 17.2 Å². The van der Waals surface area contributed by atoms with Crippen LogP contribution >= 0.6 is 11.6 Å². The largest absolute Gasteiger partial charge is 0.496 e. The van der Waals surface area contributed by atoms with Crippen molar-refractivity contribution in [1.82, 2.24) is 0 Å². The molecule has 0 saturated heterocycles. The molecule has 0 spiro atoms. The van der Waals surface area contributed by atoms with Gasteiger partial charge in [0.05, 0.1) is 12.1 Å². The monoisotopic (exact) mass is 388 g/mol. The summed E-state index contributed by atoms with van der Waals surface area (Å²) in [6, 6.07) is 13.4. The zero-order chi connectivity index (χ0) is 20.1. The van der Waals surface area contributed by atoms with Crippen LogP contribution in [-0.4, -0.2) is 7.11 Å². The topological polar surface area (TPSA) is 18.5 Å². The normalized spacial score (nSPS) is 9.96. The number of benzene rings is 2. The van der Waals surface area contributed by atoms with E-state index in [0.717, 1.165) is 22.4 Å². The molecule has 0 radical (unpaired) electrons. The predicted molar refractivity (Wildman–Crippen MR) is 118 cm³/mol. The van der Waals surface area contributed by atoms with Crippen LogP contribution in [0.15, 0.2) is 49.0 Å². The third kappa shape index (κ3) is 8.53. The summed E-state index contributed by atoms with van der Waals surface area (Å²) in [5, 5.41) is 0.602. The van der Waals surface area contributed by atoms with E-state index >= 15 is 0 Å². The Balaban J connectivity index is 0.000000445. The summed E-state index contributed by atoms with van der Waals surface area (Å²) in [5.41, 5.74) is 3.03. The highest BCUT2D eigenvalue weighted by Gasteiger charge is 2.07. The zero-order valence-corrected chi connectivity index (χ0v) is 17.9. The molecule has 0 unspecified atom stereocenters. The Bertz CT molecular complexity index is 691. The van der Waals surface area contributed by atoms with Gasteiger partial charge in [0.15, 0.2) is 0 Å². The lowest BCUT2D eigenvalue weighted by atomic mass is 10.1. The van der Waals surface area contributed by atoms with Crippen LogP contribution in [0.25, 0.3) is 5.57 Å². The van der Waals surface area contributed by atoms with E-state index in [1.54, 1.807) is 13.2 Å². The molecule has 27 heavy (non-hydrogen) atoms. The fraction of sp³-hybridized carbons (Fsp3) is 0.417. The van der Waals surface area contributed by atoms with Crippen LogP contribution in [0.3, 0.4) is 0 Å². The molecule has 3 heteroatoms. The lowest BCUT2D eigenvalue weighted by molar-refractivity contribution is 0.297. The average molecular weight is 389 g/mol. The Morgan fingerprint density at radius 2 is 1.63 bits per heavy atom. The second-order valence-corrected chi connectivity index (χ2v) is 6.99. The summed E-state index contributed by atoms with van der Waals surface area (Å²) in [4.78, 5) is 0. The first-order valence-electron chi connectivity index (χ1n) is 9.73. The summed E-state index contributed by atoms with van der Waals surface area (Å²) >= 11 is 6.06. The van der Waals surface area contributed by atoms with Crippen molar-refractivity contribution in [1.29, 1.82) is 0 Å². The highest BCUT2D eigenvalue weighted by molar-refractivity contribution is 6.32. The lowest BCUT2D eigenvalue weighted by Crippen LogP contribution is -1.99. The van der Waals surface area contributed by atoms with E-state index < -0.39 is 0 Å². The maximum atomic E-state index is 6.06. The molecule has 2 aromatic rings.